The summed E-state index contributed by atoms with van der Waals surface area (Å²) in [7, 11) is 0. The maximum absolute atomic E-state index is 14.8. The summed E-state index contributed by atoms with van der Waals surface area (Å²) in [5, 5.41) is 14.8. The normalized spacial score (nSPS) is 11.5. The van der Waals surface area contributed by atoms with Gasteiger partial charge in [-0.1, -0.05) is 0 Å². The molecule has 0 spiro atoms. The van der Waals surface area contributed by atoms with E-state index in [-0.39, 0.29) is 23.3 Å². The summed E-state index contributed by atoms with van der Waals surface area (Å²) < 4.78 is 25.6. The van der Waals surface area contributed by atoms with Crippen LogP contribution >= 0.6 is 0 Å². The SMILES string of the molecule is CCOc1c([N+](=O)[O-])cc2c(N)nn(C(=O)OC(C)(C)C)c2c1F. The number of nitro benzene ring substituents is 1. The van der Waals surface area contributed by atoms with E-state index in [1.807, 2.05) is 0 Å². The fourth-order valence-corrected chi connectivity index (χ4v) is 2.08. The predicted molar refractivity (Wildman–Crippen MR) is 83.6 cm³/mol. The highest BCUT2D eigenvalue weighted by Gasteiger charge is 2.30. The third kappa shape index (κ3) is 3.07. The Hall–Kier alpha value is -2.91. The molecule has 1 heterocycles. The Labute approximate surface area is 136 Å². The van der Waals surface area contributed by atoms with Crippen LogP contribution in [0.3, 0.4) is 0 Å². The molecule has 1 aromatic carbocycles. The molecule has 0 fully saturated rings. The Kier molecular flexibility index (Phi) is 4.32. The van der Waals surface area contributed by atoms with Crippen LogP contribution in [0.2, 0.25) is 0 Å². The van der Waals surface area contributed by atoms with Gasteiger partial charge in [-0.25, -0.2) is 9.18 Å². The first-order valence-electron chi connectivity index (χ1n) is 7.08. The minimum absolute atomic E-state index is 0.000671. The van der Waals surface area contributed by atoms with Gasteiger partial charge in [-0.3, -0.25) is 10.1 Å². The summed E-state index contributed by atoms with van der Waals surface area (Å²) in [5.74, 6) is -1.92. The van der Waals surface area contributed by atoms with E-state index < -0.39 is 33.9 Å². The van der Waals surface area contributed by atoms with Crippen molar-refractivity contribution in [2.75, 3.05) is 12.3 Å². The Morgan fingerprint density at radius 1 is 1.50 bits per heavy atom. The Morgan fingerprint density at radius 3 is 2.62 bits per heavy atom. The number of carbonyl (C=O) groups is 1. The standard InChI is InChI=1S/C14H17FN4O5/c1-5-23-11-8(19(21)22)6-7-10(9(11)15)18(17-12(7)16)13(20)24-14(2,3)4/h6H,5H2,1-4H3,(H2,16,17). The zero-order valence-electron chi connectivity index (χ0n) is 13.6. The van der Waals surface area contributed by atoms with Crippen molar-refractivity contribution >= 4 is 28.5 Å². The molecule has 2 aromatic rings. The molecule has 2 N–H and O–H groups in total. The van der Waals surface area contributed by atoms with Crippen molar-refractivity contribution in [1.29, 1.82) is 0 Å². The minimum atomic E-state index is -1.10. The van der Waals surface area contributed by atoms with E-state index in [4.69, 9.17) is 15.2 Å². The number of fused-ring (bicyclic) bond motifs is 1. The third-order valence-corrected chi connectivity index (χ3v) is 2.92. The molecular formula is C14H17FN4O5. The number of hydrogen-bond donors (Lipinski definition) is 1. The highest BCUT2D eigenvalue weighted by atomic mass is 19.1. The topological polar surface area (TPSA) is 123 Å². The number of halogens is 1. The zero-order valence-corrected chi connectivity index (χ0v) is 13.6. The molecule has 0 saturated carbocycles. The monoisotopic (exact) mass is 340 g/mol. The largest absolute Gasteiger partial charge is 0.485 e. The van der Waals surface area contributed by atoms with E-state index in [0.29, 0.717) is 4.68 Å². The van der Waals surface area contributed by atoms with Gasteiger partial charge < -0.3 is 15.2 Å². The van der Waals surface area contributed by atoms with E-state index in [1.54, 1.807) is 27.7 Å². The van der Waals surface area contributed by atoms with Crippen LogP contribution in [0.5, 0.6) is 5.75 Å². The van der Waals surface area contributed by atoms with E-state index in [2.05, 4.69) is 5.10 Å². The predicted octanol–water partition coefficient (Wildman–Crippen LogP) is 2.85. The number of aromatic nitrogens is 2. The summed E-state index contributed by atoms with van der Waals surface area (Å²) in [5.41, 5.74) is 3.89. The number of anilines is 1. The summed E-state index contributed by atoms with van der Waals surface area (Å²) in [6.45, 7) is 6.44. The summed E-state index contributed by atoms with van der Waals surface area (Å²) in [6, 6.07) is 1.02. The van der Waals surface area contributed by atoms with Crippen LogP contribution in [0.4, 0.5) is 20.7 Å². The van der Waals surface area contributed by atoms with Gasteiger partial charge in [-0.05, 0) is 27.7 Å². The molecule has 130 valence electrons. The fraction of sp³-hybridized carbons (Fsp3) is 0.429. The maximum atomic E-state index is 14.8. The number of nitrogen functional groups attached to an aromatic ring is 1. The second-order valence-corrected chi connectivity index (χ2v) is 5.90. The van der Waals surface area contributed by atoms with Crippen molar-refractivity contribution in [1.82, 2.24) is 9.78 Å². The molecule has 0 bridgehead atoms. The number of hydrogen-bond acceptors (Lipinski definition) is 7. The molecule has 0 aliphatic heterocycles. The van der Waals surface area contributed by atoms with Crippen LogP contribution in [-0.4, -0.2) is 33.0 Å². The van der Waals surface area contributed by atoms with Gasteiger partial charge in [0.1, 0.15) is 11.1 Å². The molecule has 9 nitrogen and oxygen atoms in total. The Balaban J connectivity index is 2.75. The molecule has 0 atom stereocenters. The lowest BCUT2D eigenvalue weighted by Gasteiger charge is -2.19. The molecule has 0 amide bonds. The van der Waals surface area contributed by atoms with Gasteiger partial charge in [-0.15, -0.1) is 5.10 Å². The van der Waals surface area contributed by atoms with E-state index >= 15 is 0 Å². The molecule has 0 aliphatic carbocycles. The number of benzene rings is 1. The second kappa shape index (κ2) is 5.95. The van der Waals surface area contributed by atoms with Gasteiger partial charge in [0, 0.05) is 6.07 Å². The molecule has 24 heavy (non-hydrogen) atoms. The summed E-state index contributed by atoms with van der Waals surface area (Å²) >= 11 is 0. The van der Waals surface area contributed by atoms with Gasteiger partial charge >= 0.3 is 11.8 Å². The molecule has 1 aromatic heterocycles. The minimum Gasteiger partial charge on any atom is -0.485 e. The first-order chi connectivity index (χ1) is 11.1. The number of carbonyl (C=O) groups excluding carboxylic acids is 1. The van der Waals surface area contributed by atoms with Crippen molar-refractivity contribution in [3.8, 4) is 5.75 Å². The van der Waals surface area contributed by atoms with Gasteiger partial charge in [0.15, 0.2) is 11.6 Å². The Bertz CT molecular complexity index is 825. The van der Waals surface area contributed by atoms with Gasteiger partial charge in [0.05, 0.1) is 16.9 Å². The van der Waals surface area contributed by atoms with Crippen LogP contribution in [0.25, 0.3) is 10.9 Å². The maximum Gasteiger partial charge on any atom is 0.435 e. The van der Waals surface area contributed by atoms with Crippen LogP contribution in [0, 0.1) is 15.9 Å². The second-order valence-electron chi connectivity index (χ2n) is 5.90. The molecule has 0 radical (unpaired) electrons. The molecule has 0 unspecified atom stereocenters. The molecule has 2 rings (SSSR count). The van der Waals surface area contributed by atoms with Crippen LogP contribution < -0.4 is 10.5 Å². The highest BCUT2D eigenvalue weighted by Crippen LogP contribution is 2.38. The molecule has 10 heteroatoms. The number of rotatable bonds is 3. The summed E-state index contributed by atoms with van der Waals surface area (Å²) in [6.07, 6.45) is -0.959. The van der Waals surface area contributed by atoms with Crippen molar-refractivity contribution in [3.05, 3.63) is 22.0 Å². The number of ether oxygens (including phenoxy) is 2. The van der Waals surface area contributed by atoms with Crippen molar-refractivity contribution in [2.24, 2.45) is 0 Å². The fourth-order valence-electron chi connectivity index (χ4n) is 2.08. The van der Waals surface area contributed by atoms with Crippen LogP contribution in [-0.2, 0) is 4.74 Å². The Morgan fingerprint density at radius 2 is 2.12 bits per heavy atom. The van der Waals surface area contributed by atoms with E-state index in [1.165, 1.54) is 0 Å². The smallest absolute Gasteiger partial charge is 0.435 e. The number of nitrogens with two attached hydrogens (primary N) is 1. The van der Waals surface area contributed by atoms with Crippen LogP contribution in [0.1, 0.15) is 27.7 Å². The zero-order chi connectivity index (χ0) is 18.2. The average molecular weight is 340 g/mol. The quantitative estimate of drug-likeness (QED) is 0.673. The van der Waals surface area contributed by atoms with Gasteiger partial charge in [-0.2, -0.15) is 4.68 Å². The van der Waals surface area contributed by atoms with Gasteiger partial charge in [0.2, 0.25) is 5.75 Å². The van der Waals surface area contributed by atoms with Crippen molar-refractivity contribution < 1.29 is 23.6 Å². The first kappa shape index (κ1) is 17.4. The van der Waals surface area contributed by atoms with Gasteiger partial charge in [0.25, 0.3) is 0 Å². The third-order valence-electron chi connectivity index (χ3n) is 2.92. The molecule has 0 saturated heterocycles. The lowest BCUT2D eigenvalue weighted by Crippen LogP contribution is -2.28. The highest BCUT2D eigenvalue weighted by molar-refractivity contribution is 5.97. The lowest BCUT2D eigenvalue weighted by atomic mass is 10.2. The number of nitrogens with zero attached hydrogens (tertiary/aromatic N) is 3. The first-order valence-corrected chi connectivity index (χ1v) is 7.08. The van der Waals surface area contributed by atoms with E-state index in [9.17, 15) is 19.3 Å². The lowest BCUT2D eigenvalue weighted by molar-refractivity contribution is -0.385. The van der Waals surface area contributed by atoms with Crippen LogP contribution in [0.15, 0.2) is 6.07 Å². The van der Waals surface area contributed by atoms with E-state index in [0.717, 1.165) is 6.07 Å². The van der Waals surface area contributed by atoms with Crippen molar-refractivity contribution in [2.45, 2.75) is 33.3 Å². The number of nitro groups is 1. The summed E-state index contributed by atoms with van der Waals surface area (Å²) in [4.78, 5) is 22.5. The van der Waals surface area contributed by atoms with Crippen molar-refractivity contribution in [3.63, 3.8) is 0 Å². The molecular weight excluding hydrogens is 323 g/mol. The molecule has 0 aliphatic rings. The average Bonchev–Trinajstić information content (AvgIpc) is 2.77.